The van der Waals surface area contributed by atoms with Crippen molar-refractivity contribution >= 4 is 6.29 Å². The molecular formula is C16H36N2O2. The summed E-state index contributed by atoms with van der Waals surface area (Å²) in [6.45, 7) is 15.2. The lowest BCUT2D eigenvalue weighted by molar-refractivity contribution is -0.112. The van der Waals surface area contributed by atoms with Crippen molar-refractivity contribution in [3.05, 3.63) is 0 Å². The molecule has 0 amide bonds. The normalized spacial score (nSPS) is 26.1. The topological polar surface area (TPSA) is 32.8 Å². The number of nitrogens with zero attached hydrogens (tertiary/aromatic N) is 2. The minimum absolute atomic E-state index is 0.185. The highest BCUT2D eigenvalue weighted by Crippen LogP contribution is 2.19. The van der Waals surface area contributed by atoms with Crippen LogP contribution >= 0.6 is 0 Å². The van der Waals surface area contributed by atoms with E-state index in [1.807, 2.05) is 34.7 Å². The van der Waals surface area contributed by atoms with Gasteiger partial charge in [0, 0.05) is 13.1 Å². The van der Waals surface area contributed by atoms with Crippen LogP contribution < -0.4 is 0 Å². The van der Waals surface area contributed by atoms with E-state index < -0.39 is 0 Å². The second kappa shape index (κ2) is 14.9. The lowest BCUT2D eigenvalue weighted by Gasteiger charge is -2.21. The molecule has 2 rings (SSSR count). The van der Waals surface area contributed by atoms with Crippen molar-refractivity contribution in [1.29, 1.82) is 0 Å². The number of hydrogen-bond acceptors (Lipinski definition) is 4. The first-order valence-electron chi connectivity index (χ1n) is 8.07. The van der Waals surface area contributed by atoms with Crippen molar-refractivity contribution in [3.63, 3.8) is 0 Å². The van der Waals surface area contributed by atoms with E-state index >= 15 is 0 Å². The zero-order valence-electron chi connectivity index (χ0n) is 14.7. The highest BCUT2D eigenvalue weighted by Gasteiger charge is 2.27. The Hall–Kier alpha value is -0.450. The van der Waals surface area contributed by atoms with Crippen molar-refractivity contribution in [3.8, 4) is 0 Å². The SMILES string of the molecule is CC.CC.CC1CCN(C)C1C=O.CN1CCOCC1. The molecular weight excluding hydrogens is 252 g/mol. The third-order valence-electron chi connectivity index (χ3n) is 3.40. The van der Waals surface area contributed by atoms with Gasteiger partial charge in [0.05, 0.1) is 19.3 Å². The Labute approximate surface area is 126 Å². The largest absolute Gasteiger partial charge is 0.379 e. The predicted octanol–water partition coefficient (Wildman–Crippen LogP) is 2.53. The smallest absolute Gasteiger partial charge is 0.137 e. The van der Waals surface area contributed by atoms with Crippen molar-refractivity contribution in [2.45, 2.75) is 47.1 Å². The number of likely N-dealkylation sites (N-methyl/N-ethyl adjacent to an activating group) is 2. The van der Waals surface area contributed by atoms with Crippen molar-refractivity contribution < 1.29 is 9.53 Å². The standard InChI is InChI=1S/C7H13NO.C5H11NO.2C2H6/c1-6-3-4-8(2)7(6)5-9;1-6-2-4-7-5-3-6;2*1-2/h5-7H,3-4H2,1-2H3;2-5H2,1H3;2*1-2H3. The van der Waals surface area contributed by atoms with Crippen molar-refractivity contribution in [2.75, 3.05) is 46.9 Å². The molecule has 2 atom stereocenters. The Morgan fingerprint density at radius 3 is 1.70 bits per heavy atom. The maximum Gasteiger partial charge on any atom is 0.137 e. The predicted molar refractivity (Wildman–Crippen MR) is 87.3 cm³/mol. The summed E-state index contributed by atoms with van der Waals surface area (Å²) in [5.41, 5.74) is 0. The molecule has 2 unspecified atom stereocenters. The summed E-state index contributed by atoms with van der Waals surface area (Å²) in [6, 6.07) is 0.185. The average molecular weight is 288 g/mol. The molecule has 0 aromatic rings. The second-order valence-corrected chi connectivity index (χ2v) is 4.79. The summed E-state index contributed by atoms with van der Waals surface area (Å²) in [7, 11) is 4.12. The summed E-state index contributed by atoms with van der Waals surface area (Å²) in [6.07, 6.45) is 2.22. The summed E-state index contributed by atoms with van der Waals surface area (Å²) in [5, 5.41) is 0. The molecule has 4 heteroatoms. The van der Waals surface area contributed by atoms with Crippen LogP contribution in [-0.4, -0.2) is 69.1 Å². The summed E-state index contributed by atoms with van der Waals surface area (Å²) in [4.78, 5) is 14.8. The zero-order valence-corrected chi connectivity index (χ0v) is 14.7. The van der Waals surface area contributed by atoms with Crippen LogP contribution in [-0.2, 0) is 9.53 Å². The zero-order chi connectivity index (χ0) is 16.0. The summed E-state index contributed by atoms with van der Waals surface area (Å²) < 4.78 is 5.10. The van der Waals surface area contributed by atoms with E-state index in [1.165, 1.54) is 6.42 Å². The van der Waals surface area contributed by atoms with Crippen LogP contribution in [0.5, 0.6) is 0 Å². The second-order valence-electron chi connectivity index (χ2n) is 4.79. The fourth-order valence-electron chi connectivity index (χ4n) is 2.05. The quantitative estimate of drug-likeness (QED) is 0.694. The van der Waals surface area contributed by atoms with E-state index in [9.17, 15) is 4.79 Å². The van der Waals surface area contributed by atoms with Crippen LogP contribution in [0.1, 0.15) is 41.0 Å². The molecule has 2 heterocycles. The van der Waals surface area contributed by atoms with Gasteiger partial charge in [-0.1, -0.05) is 34.6 Å². The molecule has 2 aliphatic rings. The average Bonchev–Trinajstić information content (AvgIpc) is 2.83. The van der Waals surface area contributed by atoms with E-state index in [0.717, 1.165) is 39.1 Å². The molecule has 0 saturated carbocycles. The van der Waals surface area contributed by atoms with Crippen LogP contribution in [0.2, 0.25) is 0 Å². The van der Waals surface area contributed by atoms with Crippen LogP contribution in [0, 0.1) is 5.92 Å². The third kappa shape index (κ3) is 9.45. The third-order valence-corrected chi connectivity index (χ3v) is 3.40. The van der Waals surface area contributed by atoms with Crippen LogP contribution in [0.15, 0.2) is 0 Å². The molecule has 122 valence electrons. The molecule has 20 heavy (non-hydrogen) atoms. The fourth-order valence-corrected chi connectivity index (χ4v) is 2.05. The van der Waals surface area contributed by atoms with Crippen LogP contribution in [0.25, 0.3) is 0 Å². The van der Waals surface area contributed by atoms with E-state index in [1.54, 1.807) is 0 Å². The Balaban J connectivity index is 0. The van der Waals surface area contributed by atoms with Crippen molar-refractivity contribution in [2.24, 2.45) is 5.92 Å². The van der Waals surface area contributed by atoms with Gasteiger partial charge in [0.15, 0.2) is 0 Å². The van der Waals surface area contributed by atoms with Gasteiger partial charge in [-0.05, 0) is 33.0 Å². The molecule has 0 spiro atoms. The first kappa shape index (κ1) is 21.8. The number of likely N-dealkylation sites (tertiary alicyclic amines) is 1. The van der Waals surface area contributed by atoms with E-state index in [4.69, 9.17) is 4.74 Å². The maximum absolute atomic E-state index is 10.4. The molecule has 0 aliphatic carbocycles. The molecule has 2 saturated heterocycles. The number of ether oxygens (including phenoxy) is 1. The molecule has 0 aromatic heterocycles. The first-order chi connectivity index (χ1) is 9.65. The molecule has 0 aromatic carbocycles. The fraction of sp³-hybridized carbons (Fsp3) is 0.938. The number of carbonyl (C=O) groups is 1. The lowest BCUT2D eigenvalue weighted by Crippen LogP contribution is -2.32. The maximum atomic E-state index is 10.4. The van der Waals surface area contributed by atoms with Gasteiger partial charge in [-0.2, -0.15) is 0 Å². The monoisotopic (exact) mass is 288 g/mol. The Morgan fingerprint density at radius 1 is 1.00 bits per heavy atom. The van der Waals surface area contributed by atoms with E-state index in [2.05, 4.69) is 23.8 Å². The lowest BCUT2D eigenvalue weighted by atomic mass is 10.1. The van der Waals surface area contributed by atoms with Gasteiger partial charge in [-0.3, -0.25) is 4.90 Å². The highest BCUT2D eigenvalue weighted by molar-refractivity contribution is 5.58. The number of aldehydes is 1. The van der Waals surface area contributed by atoms with Crippen LogP contribution in [0.3, 0.4) is 0 Å². The minimum Gasteiger partial charge on any atom is -0.379 e. The molecule has 0 N–H and O–H groups in total. The molecule has 2 fully saturated rings. The van der Waals surface area contributed by atoms with Gasteiger partial charge < -0.3 is 14.4 Å². The van der Waals surface area contributed by atoms with E-state index in [-0.39, 0.29) is 6.04 Å². The molecule has 2 aliphatic heterocycles. The van der Waals surface area contributed by atoms with E-state index in [0.29, 0.717) is 5.92 Å². The number of morpholine rings is 1. The molecule has 0 bridgehead atoms. The van der Waals surface area contributed by atoms with Gasteiger partial charge in [0.25, 0.3) is 0 Å². The summed E-state index contributed by atoms with van der Waals surface area (Å²) in [5.74, 6) is 0.562. The van der Waals surface area contributed by atoms with Gasteiger partial charge in [0.2, 0.25) is 0 Å². The minimum atomic E-state index is 0.185. The number of carbonyl (C=O) groups excluding carboxylic acids is 1. The van der Waals surface area contributed by atoms with Crippen molar-refractivity contribution in [1.82, 2.24) is 9.80 Å². The van der Waals surface area contributed by atoms with Gasteiger partial charge in [-0.25, -0.2) is 0 Å². The van der Waals surface area contributed by atoms with Gasteiger partial charge in [0.1, 0.15) is 6.29 Å². The van der Waals surface area contributed by atoms with Crippen LogP contribution in [0.4, 0.5) is 0 Å². The Bertz CT molecular complexity index is 197. The Kier molecular flexibility index (Phi) is 16.3. The molecule has 4 nitrogen and oxygen atoms in total. The number of rotatable bonds is 1. The van der Waals surface area contributed by atoms with Gasteiger partial charge >= 0.3 is 0 Å². The number of hydrogen-bond donors (Lipinski definition) is 0. The highest BCUT2D eigenvalue weighted by atomic mass is 16.5. The molecule has 0 radical (unpaired) electrons. The van der Waals surface area contributed by atoms with Gasteiger partial charge in [-0.15, -0.1) is 0 Å². The first-order valence-corrected chi connectivity index (χ1v) is 8.07. The summed E-state index contributed by atoms with van der Waals surface area (Å²) >= 11 is 0. The Morgan fingerprint density at radius 2 is 1.50 bits per heavy atom.